The summed E-state index contributed by atoms with van der Waals surface area (Å²) in [6.07, 6.45) is 0. The van der Waals surface area contributed by atoms with Gasteiger partial charge in [0.15, 0.2) is 0 Å². The number of benzene rings is 2. The minimum absolute atomic E-state index is 0.194. The normalized spacial score (nSPS) is 10.0. The average Bonchev–Trinajstić information content (AvgIpc) is 2.37. The highest BCUT2D eigenvalue weighted by Crippen LogP contribution is 2.16. The lowest BCUT2D eigenvalue weighted by atomic mass is 10.1. The molecule has 0 bridgehead atoms. The molecule has 4 nitrogen and oxygen atoms in total. The Morgan fingerprint density at radius 2 is 1.89 bits per heavy atom. The van der Waals surface area contributed by atoms with E-state index < -0.39 is 5.97 Å². The number of rotatable bonds is 4. The van der Waals surface area contributed by atoms with Crippen LogP contribution in [0.3, 0.4) is 0 Å². The van der Waals surface area contributed by atoms with E-state index in [1.165, 1.54) is 0 Å². The molecule has 18 heavy (non-hydrogen) atoms. The number of aromatic hydroxyl groups is 1. The van der Waals surface area contributed by atoms with Crippen LogP contribution in [-0.4, -0.2) is 16.2 Å². The highest BCUT2D eigenvalue weighted by molar-refractivity contribution is 5.87. The first-order chi connectivity index (χ1) is 8.65. The van der Waals surface area contributed by atoms with Gasteiger partial charge in [-0.15, -0.1) is 0 Å². The minimum Gasteiger partial charge on any atom is -0.508 e. The van der Waals surface area contributed by atoms with Crippen LogP contribution in [0.4, 0.5) is 5.69 Å². The maximum atomic E-state index is 10.8. The van der Waals surface area contributed by atoms with Gasteiger partial charge in [-0.3, -0.25) is 0 Å². The standard InChI is InChI=1S/C14H13NO3/c16-13-6-2-5-12(8-13)15-9-10-3-1-4-11(7-10)14(17)18/h1-8,15-16H,9H2,(H,17,18). The van der Waals surface area contributed by atoms with E-state index in [0.717, 1.165) is 11.3 Å². The number of phenolic OH excluding ortho intramolecular Hbond substituents is 1. The Kier molecular flexibility index (Phi) is 3.48. The molecule has 92 valence electrons. The third-order valence-electron chi connectivity index (χ3n) is 2.52. The van der Waals surface area contributed by atoms with Crippen LogP contribution in [0, 0.1) is 0 Å². The third-order valence-corrected chi connectivity index (χ3v) is 2.52. The summed E-state index contributed by atoms with van der Waals surface area (Å²) in [5.74, 6) is -0.742. The molecule has 4 heteroatoms. The van der Waals surface area contributed by atoms with Crippen molar-refractivity contribution in [3.63, 3.8) is 0 Å². The average molecular weight is 243 g/mol. The van der Waals surface area contributed by atoms with E-state index in [0.29, 0.717) is 6.54 Å². The number of anilines is 1. The summed E-state index contributed by atoms with van der Waals surface area (Å²) in [7, 11) is 0. The molecular weight excluding hydrogens is 230 g/mol. The number of aromatic carboxylic acids is 1. The van der Waals surface area contributed by atoms with Crippen molar-refractivity contribution in [2.75, 3.05) is 5.32 Å². The largest absolute Gasteiger partial charge is 0.508 e. The van der Waals surface area contributed by atoms with Crippen molar-refractivity contribution >= 4 is 11.7 Å². The van der Waals surface area contributed by atoms with Gasteiger partial charge in [-0.1, -0.05) is 18.2 Å². The highest BCUT2D eigenvalue weighted by Gasteiger charge is 2.03. The molecule has 0 amide bonds. The molecule has 0 aliphatic carbocycles. The van der Waals surface area contributed by atoms with Crippen LogP contribution in [0.2, 0.25) is 0 Å². The quantitative estimate of drug-likeness (QED) is 0.772. The number of hydrogen-bond acceptors (Lipinski definition) is 3. The van der Waals surface area contributed by atoms with E-state index in [9.17, 15) is 9.90 Å². The molecule has 0 saturated carbocycles. The van der Waals surface area contributed by atoms with Gasteiger partial charge in [-0.2, -0.15) is 0 Å². The van der Waals surface area contributed by atoms with Gasteiger partial charge in [0.1, 0.15) is 5.75 Å². The van der Waals surface area contributed by atoms with Crippen LogP contribution in [0.25, 0.3) is 0 Å². The molecule has 0 unspecified atom stereocenters. The predicted molar refractivity (Wildman–Crippen MR) is 68.8 cm³/mol. The lowest BCUT2D eigenvalue weighted by Gasteiger charge is -2.07. The summed E-state index contributed by atoms with van der Waals surface area (Å²) < 4.78 is 0. The molecule has 0 heterocycles. The fourth-order valence-electron chi connectivity index (χ4n) is 1.63. The lowest BCUT2D eigenvalue weighted by molar-refractivity contribution is 0.0697. The smallest absolute Gasteiger partial charge is 0.335 e. The number of nitrogens with one attached hydrogen (secondary N) is 1. The molecule has 0 aliphatic heterocycles. The molecule has 0 radical (unpaired) electrons. The second-order valence-electron chi connectivity index (χ2n) is 3.91. The minimum atomic E-state index is -0.936. The van der Waals surface area contributed by atoms with E-state index >= 15 is 0 Å². The highest BCUT2D eigenvalue weighted by atomic mass is 16.4. The summed E-state index contributed by atoms with van der Waals surface area (Å²) in [6.45, 7) is 0.505. The van der Waals surface area contributed by atoms with Gasteiger partial charge in [0, 0.05) is 18.3 Å². The van der Waals surface area contributed by atoms with Crippen LogP contribution in [0.1, 0.15) is 15.9 Å². The van der Waals surface area contributed by atoms with Gasteiger partial charge in [-0.25, -0.2) is 4.79 Å². The summed E-state index contributed by atoms with van der Waals surface area (Å²) in [5, 5.41) is 21.3. The third kappa shape index (κ3) is 3.01. The number of carboxylic acid groups (broad SMARTS) is 1. The Morgan fingerprint density at radius 3 is 2.61 bits per heavy atom. The van der Waals surface area contributed by atoms with Crippen LogP contribution in [-0.2, 0) is 6.54 Å². The van der Waals surface area contributed by atoms with Gasteiger partial charge in [0.25, 0.3) is 0 Å². The molecule has 0 spiro atoms. The van der Waals surface area contributed by atoms with Crippen LogP contribution >= 0.6 is 0 Å². The van der Waals surface area contributed by atoms with Crippen LogP contribution in [0.5, 0.6) is 5.75 Å². The molecule has 2 aromatic rings. The van der Waals surface area contributed by atoms with E-state index in [-0.39, 0.29) is 11.3 Å². The Balaban J connectivity index is 2.06. The SMILES string of the molecule is O=C(O)c1cccc(CNc2cccc(O)c2)c1. The second kappa shape index (κ2) is 5.23. The van der Waals surface area contributed by atoms with E-state index in [4.69, 9.17) is 5.11 Å². The summed E-state index contributed by atoms with van der Waals surface area (Å²) >= 11 is 0. The fourth-order valence-corrected chi connectivity index (χ4v) is 1.63. The Morgan fingerprint density at radius 1 is 1.11 bits per heavy atom. The first kappa shape index (κ1) is 12.0. The first-order valence-corrected chi connectivity index (χ1v) is 5.50. The predicted octanol–water partition coefficient (Wildman–Crippen LogP) is 2.70. The van der Waals surface area contributed by atoms with Crippen molar-refractivity contribution in [3.8, 4) is 5.75 Å². The maximum absolute atomic E-state index is 10.8. The van der Waals surface area contributed by atoms with E-state index in [1.807, 2.05) is 12.1 Å². The van der Waals surface area contributed by atoms with Crippen molar-refractivity contribution in [1.29, 1.82) is 0 Å². The zero-order valence-corrected chi connectivity index (χ0v) is 9.63. The Labute approximate surface area is 105 Å². The maximum Gasteiger partial charge on any atom is 0.335 e. The van der Waals surface area contributed by atoms with E-state index in [1.54, 1.807) is 36.4 Å². The number of carbonyl (C=O) groups is 1. The molecule has 2 rings (SSSR count). The van der Waals surface area contributed by atoms with E-state index in [2.05, 4.69) is 5.32 Å². The van der Waals surface area contributed by atoms with Gasteiger partial charge in [-0.05, 0) is 29.8 Å². The van der Waals surface area contributed by atoms with Crippen molar-refractivity contribution in [1.82, 2.24) is 0 Å². The zero-order valence-electron chi connectivity index (χ0n) is 9.63. The molecule has 0 fully saturated rings. The molecule has 0 atom stereocenters. The molecule has 2 aromatic carbocycles. The molecule has 3 N–H and O–H groups in total. The summed E-state index contributed by atoms with van der Waals surface area (Å²) in [6, 6.07) is 13.5. The first-order valence-electron chi connectivity index (χ1n) is 5.50. The number of hydrogen-bond donors (Lipinski definition) is 3. The van der Waals surface area contributed by atoms with Crippen LogP contribution < -0.4 is 5.32 Å². The second-order valence-corrected chi connectivity index (χ2v) is 3.91. The zero-order chi connectivity index (χ0) is 13.0. The van der Waals surface area contributed by atoms with Gasteiger partial charge >= 0.3 is 5.97 Å². The molecule has 0 aromatic heterocycles. The topological polar surface area (TPSA) is 69.6 Å². The Hall–Kier alpha value is -2.49. The monoisotopic (exact) mass is 243 g/mol. The number of carboxylic acids is 1. The summed E-state index contributed by atoms with van der Waals surface area (Å²) in [4.78, 5) is 10.8. The lowest BCUT2D eigenvalue weighted by Crippen LogP contribution is -2.02. The Bertz CT molecular complexity index is 566. The van der Waals surface area contributed by atoms with Crippen molar-refractivity contribution < 1.29 is 15.0 Å². The summed E-state index contributed by atoms with van der Waals surface area (Å²) in [5.41, 5.74) is 1.93. The van der Waals surface area contributed by atoms with Crippen molar-refractivity contribution in [2.24, 2.45) is 0 Å². The fraction of sp³-hybridized carbons (Fsp3) is 0.0714. The number of phenols is 1. The molecule has 0 aliphatic rings. The van der Waals surface area contributed by atoms with Gasteiger partial charge < -0.3 is 15.5 Å². The van der Waals surface area contributed by atoms with Gasteiger partial charge in [0.2, 0.25) is 0 Å². The van der Waals surface area contributed by atoms with Crippen molar-refractivity contribution in [2.45, 2.75) is 6.54 Å². The molecular formula is C14H13NO3. The van der Waals surface area contributed by atoms with Gasteiger partial charge in [0.05, 0.1) is 5.56 Å². The van der Waals surface area contributed by atoms with Crippen LogP contribution in [0.15, 0.2) is 48.5 Å². The molecule has 0 saturated heterocycles. The van der Waals surface area contributed by atoms with Crippen molar-refractivity contribution in [3.05, 3.63) is 59.7 Å².